The number of halogens is 5. The Morgan fingerprint density at radius 1 is 1.09 bits per heavy atom. The Balaban J connectivity index is 1.48. The second kappa shape index (κ2) is 9.40. The summed E-state index contributed by atoms with van der Waals surface area (Å²) in [5, 5.41) is 10.6. The Kier molecular flexibility index (Phi) is 6.57. The smallest absolute Gasteiger partial charge is 0.368 e. The number of carbonyl (C=O) groups is 1. The molecule has 2 N–H and O–H groups in total. The van der Waals surface area contributed by atoms with Gasteiger partial charge in [0.25, 0.3) is 5.91 Å². The highest BCUT2D eigenvalue weighted by atomic mass is 79.9. The van der Waals surface area contributed by atoms with Gasteiger partial charge >= 0.3 is 6.18 Å². The molecule has 1 amide bonds. The van der Waals surface area contributed by atoms with E-state index in [-0.39, 0.29) is 12.1 Å². The summed E-state index contributed by atoms with van der Waals surface area (Å²) in [5.74, 6) is 0.00954. The number of amides is 1. The van der Waals surface area contributed by atoms with Crippen molar-refractivity contribution in [2.45, 2.75) is 6.18 Å². The number of rotatable bonds is 6. The van der Waals surface area contributed by atoms with Gasteiger partial charge in [0.2, 0.25) is 0 Å². The summed E-state index contributed by atoms with van der Waals surface area (Å²) in [5.41, 5.74) is 1.01. The molecule has 33 heavy (non-hydrogen) atoms. The van der Waals surface area contributed by atoms with E-state index in [0.29, 0.717) is 33.2 Å². The van der Waals surface area contributed by atoms with Crippen molar-refractivity contribution < 1.29 is 18.0 Å². The van der Waals surface area contributed by atoms with E-state index in [9.17, 15) is 18.0 Å². The zero-order valence-electron chi connectivity index (χ0n) is 16.8. The van der Waals surface area contributed by atoms with Gasteiger partial charge in [-0.15, -0.1) is 0 Å². The van der Waals surface area contributed by atoms with E-state index >= 15 is 0 Å². The summed E-state index contributed by atoms with van der Waals surface area (Å²) < 4.78 is 40.9. The number of aromatic nitrogens is 3. The highest BCUT2D eigenvalue weighted by Gasteiger charge is 2.30. The Bertz CT molecular complexity index is 1330. The normalized spacial score (nSPS) is 11.5. The van der Waals surface area contributed by atoms with E-state index in [0.717, 1.165) is 17.7 Å². The van der Waals surface area contributed by atoms with Crippen molar-refractivity contribution in [3.8, 4) is 11.3 Å². The van der Waals surface area contributed by atoms with Crippen LogP contribution in [0.3, 0.4) is 0 Å². The Labute approximate surface area is 199 Å². The zero-order chi connectivity index (χ0) is 23.6. The van der Waals surface area contributed by atoms with Gasteiger partial charge in [0.05, 0.1) is 21.9 Å². The van der Waals surface area contributed by atoms with E-state index in [4.69, 9.17) is 11.6 Å². The minimum Gasteiger partial charge on any atom is -0.368 e. The molecule has 2 aromatic carbocycles. The fraction of sp³-hybridized carbons (Fsp3) is 0.136. The standard InChI is InChI=1S/C22H16BrClF3N5O/c23-16-12-30-32-19(11-18(31-20(16)32)15-6-1-2-7-17(15)24)28-8-9-29-21(33)13-4-3-5-14(10-13)22(25,26)27/h1-7,10-12,28H,8-9H2,(H,29,33). The van der Waals surface area contributed by atoms with Crippen LogP contribution in [0.4, 0.5) is 19.0 Å². The van der Waals surface area contributed by atoms with Gasteiger partial charge in [-0.25, -0.2) is 4.98 Å². The van der Waals surface area contributed by atoms with Crippen molar-refractivity contribution in [3.63, 3.8) is 0 Å². The van der Waals surface area contributed by atoms with Crippen LogP contribution in [0, 0.1) is 0 Å². The first kappa shape index (κ1) is 23.1. The van der Waals surface area contributed by atoms with E-state index in [2.05, 4.69) is 36.6 Å². The van der Waals surface area contributed by atoms with Gasteiger partial charge in [0, 0.05) is 35.3 Å². The van der Waals surface area contributed by atoms with Crippen molar-refractivity contribution in [2.75, 3.05) is 18.4 Å². The van der Waals surface area contributed by atoms with Gasteiger partial charge in [-0.3, -0.25) is 4.79 Å². The molecule has 0 spiro atoms. The zero-order valence-corrected chi connectivity index (χ0v) is 19.2. The molecule has 4 rings (SSSR count). The maximum Gasteiger partial charge on any atom is 0.416 e. The van der Waals surface area contributed by atoms with Gasteiger partial charge in [0.15, 0.2) is 5.65 Å². The lowest BCUT2D eigenvalue weighted by Crippen LogP contribution is -2.29. The minimum absolute atomic E-state index is 0.0619. The summed E-state index contributed by atoms with van der Waals surface area (Å²) in [4.78, 5) is 16.9. The van der Waals surface area contributed by atoms with Crippen molar-refractivity contribution in [1.82, 2.24) is 19.9 Å². The molecule has 0 fully saturated rings. The Morgan fingerprint density at radius 2 is 1.88 bits per heavy atom. The molecule has 0 aliphatic heterocycles. The van der Waals surface area contributed by atoms with E-state index in [1.807, 2.05) is 18.2 Å². The molecule has 2 aromatic heterocycles. The third-order valence-corrected chi connectivity index (χ3v) is 5.64. The summed E-state index contributed by atoms with van der Waals surface area (Å²) in [7, 11) is 0. The molecule has 0 aliphatic carbocycles. The SMILES string of the molecule is O=C(NCCNc1cc(-c2ccccc2Cl)nc2c(Br)cnn12)c1cccc(C(F)(F)F)c1. The summed E-state index contributed by atoms with van der Waals surface area (Å²) in [6.07, 6.45) is -2.90. The number of nitrogens with zero attached hydrogens (tertiary/aromatic N) is 3. The minimum atomic E-state index is -4.51. The predicted octanol–water partition coefficient (Wildman–Crippen LogP) is 5.67. The van der Waals surface area contributed by atoms with Gasteiger partial charge in [0.1, 0.15) is 5.82 Å². The van der Waals surface area contributed by atoms with Crippen molar-refractivity contribution >= 4 is 44.9 Å². The molecular weight excluding hydrogens is 523 g/mol. The van der Waals surface area contributed by atoms with E-state index in [1.54, 1.807) is 22.8 Å². The molecule has 4 aromatic rings. The lowest BCUT2D eigenvalue weighted by atomic mass is 10.1. The molecule has 0 atom stereocenters. The lowest BCUT2D eigenvalue weighted by molar-refractivity contribution is -0.137. The fourth-order valence-corrected chi connectivity index (χ4v) is 3.76. The molecule has 6 nitrogen and oxygen atoms in total. The number of anilines is 1. The van der Waals surface area contributed by atoms with Crippen LogP contribution >= 0.6 is 27.5 Å². The molecule has 0 radical (unpaired) electrons. The molecule has 170 valence electrons. The summed E-state index contributed by atoms with van der Waals surface area (Å²) in [6, 6.07) is 13.4. The number of hydrogen-bond acceptors (Lipinski definition) is 4. The van der Waals surface area contributed by atoms with E-state index in [1.165, 1.54) is 12.1 Å². The maximum absolute atomic E-state index is 12.9. The van der Waals surface area contributed by atoms with Gasteiger partial charge in [-0.05, 0) is 40.2 Å². The largest absolute Gasteiger partial charge is 0.416 e. The van der Waals surface area contributed by atoms with Crippen LogP contribution in [0.2, 0.25) is 5.02 Å². The Hall–Kier alpha value is -3.11. The van der Waals surface area contributed by atoms with Crippen molar-refractivity contribution in [1.29, 1.82) is 0 Å². The first-order valence-corrected chi connectivity index (χ1v) is 10.9. The van der Waals surface area contributed by atoms with Gasteiger partial charge in [-0.1, -0.05) is 35.9 Å². The first-order valence-electron chi connectivity index (χ1n) is 9.72. The number of benzene rings is 2. The van der Waals surface area contributed by atoms with Crippen molar-refractivity contribution in [2.24, 2.45) is 0 Å². The number of hydrogen-bond donors (Lipinski definition) is 2. The van der Waals surface area contributed by atoms with Crippen LogP contribution in [0.15, 0.2) is 65.3 Å². The lowest BCUT2D eigenvalue weighted by Gasteiger charge is -2.12. The van der Waals surface area contributed by atoms with Crippen LogP contribution in [0.1, 0.15) is 15.9 Å². The maximum atomic E-state index is 12.9. The first-order chi connectivity index (χ1) is 15.7. The topological polar surface area (TPSA) is 71.3 Å². The molecule has 0 bridgehead atoms. The highest BCUT2D eigenvalue weighted by molar-refractivity contribution is 9.10. The molecule has 11 heteroatoms. The average Bonchev–Trinajstić information content (AvgIpc) is 3.17. The second-order valence-electron chi connectivity index (χ2n) is 7.00. The second-order valence-corrected chi connectivity index (χ2v) is 8.26. The van der Waals surface area contributed by atoms with Crippen LogP contribution < -0.4 is 10.6 Å². The third kappa shape index (κ3) is 5.12. The quantitative estimate of drug-likeness (QED) is 0.310. The molecule has 0 saturated heterocycles. The van der Waals surface area contributed by atoms with Crippen LogP contribution in [0.5, 0.6) is 0 Å². The fourth-order valence-electron chi connectivity index (χ4n) is 3.17. The number of nitrogens with one attached hydrogen (secondary N) is 2. The summed E-state index contributed by atoms with van der Waals surface area (Å²) >= 11 is 9.75. The number of fused-ring (bicyclic) bond motifs is 1. The highest BCUT2D eigenvalue weighted by Crippen LogP contribution is 2.31. The van der Waals surface area contributed by atoms with Crippen LogP contribution in [-0.4, -0.2) is 33.6 Å². The van der Waals surface area contributed by atoms with Gasteiger partial charge < -0.3 is 10.6 Å². The molecule has 0 saturated carbocycles. The number of alkyl halides is 3. The van der Waals surface area contributed by atoms with Crippen LogP contribution in [0.25, 0.3) is 16.9 Å². The molecule has 2 heterocycles. The van der Waals surface area contributed by atoms with E-state index < -0.39 is 17.6 Å². The van der Waals surface area contributed by atoms with Crippen molar-refractivity contribution in [3.05, 3.63) is 81.4 Å². The predicted molar refractivity (Wildman–Crippen MR) is 123 cm³/mol. The van der Waals surface area contributed by atoms with Crippen LogP contribution in [-0.2, 0) is 6.18 Å². The Morgan fingerprint density at radius 3 is 2.64 bits per heavy atom. The van der Waals surface area contributed by atoms with Gasteiger partial charge in [-0.2, -0.15) is 22.8 Å². The number of carbonyl (C=O) groups excluding carboxylic acids is 1. The third-order valence-electron chi connectivity index (χ3n) is 4.75. The summed E-state index contributed by atoms with van der Waals surface area (Å²) in [6.45, 7) is 0.464. The molecule has 0 unspecified atom stereocenters. The molecule has 0 aliphatic rings. The monoisotopic (exact) mass is 537 g/mol. The molecular formula is C22H16BrClF3N5O. The average molecular weight is 539 g/mol.